The Morgan fingerprint density at radius 1 is 1.05 bits per heavy atom. The van der Waals surface area contributed by atoms with Crippen LogP contribution in [0.25, 0.3) is 0 Å². The molecule has 2 amide bonds. The summed E-state index contributed by atoms with van der Waals surface area (Å²) in [6.45, 7) is 1.38. The summed E-state index contributed by atoms with van der Waals surface area (Å²) in [6.07, 6.45) is 0. The van der Waals surface area contributed by atoms with Crippen molar-refractivity contribution < 1.29 is 9.18 Å². The highest BCUT2D eigenvalue weighted by molar-refractivity contribution is 6.04. The molecule has 0 aromatic heterocycles. The number of hydrogen-bond donors (Lipinski definition) is 1. The Morgan fingerprint density at radius 3 is 2.43 bits per heavy atom. The number of nitrogens with zero attached hydrogens (tertiary/aromatic N) is 2. The minimum Gasteiger partial charge on any atom is -0.371 e. The minimum absolute atomic E-state index is 0.206. The van der Waals surface area contributed by atoms with E-state index in [0.29, 0.717) is 12.2 Å². The van der Waals surface area contributed by atoms with Crippen molar-refractivity contribution >= 4 is 23.1 Å². The summed E-state index contributed by atoms with van der Waals surface area (Å²) in [7, 11) is 2.01. The lowest BCUT2D eigenvalue weighted by atomic mass is 10.2. The molecule has 3 rings (SSSR count). The third-order valence-corrected chi connectivity index (χ3v) is 3.58. The summed E-state index contributed by atoms with van der Waals surface area (Å²) < 4.78 is 12.9. The predicted octanol–water partition coefficient (Wildman–Crippen LogP) is 3.31. The standard InChI is InChI=1S/C16H16FN3O/c1-19-10-11-20(15-5-3-2-4-14(15)19)16(21)18-13-8-6-12(17)7-9-13/h2-9H,10-11H2,1H3,(H,18,21). The summed E-state index contributed by atoms with van der Waals surface area (Å²) in [5.41, 5.74) is 2.49. The normalized spacial score (nSPS) is 13.8. The number of likely N-dealkylation sites (N-methyl/N-ethyl adjacent to an activating group) is 1. The molecule has 0 unspecified atom stereocenters. The van der Waals surface area contributed by atoms with Crippen LogP contribution in [0.4, 0.5) is 26.2 Å². The van der Waals surface area contributed by atoms with Gasteiger partial charge < -0.3 is 10.2 Å². The molecule has 0 atom stereocenters. The van der Waals surface area contributed by atoms with E-state index >= 15 is 0 Å². The lowest BCUT2D eigenvalue weighted by Crippen LogP contribution is -2.44. The summed E-state index contributed by atoms with van der Waals surface area (Å²) in [6, 6.07) is 13.3. The van der Waals surface area contributed by atoms with Crippen LogP contribution in [-0.4, -0.2) is 26.2 Å². The smallest absolute Gasteiger partial charge is 0.326 e. The van der Waals surface area contributed by atoms with Gasteiger partial charge in [-0.15, -0.1) is 0 Å². The van der Waals surface area contributed by atoms with Crippen LogP contribution in [-0.2, 0) is 0 Å². The Hall–Kier alpha value is -2.56. The molecular formula is C16H16FN3O. The van der Waals surface area contributed by atoms with E-state index < -0.39 is 0 Å². The van der Waals surface area contributed by atoms with Gasteiger partial charge in [0.15, 0.2) is 0 Å². The first kappa shape index (κ1) is 13.4. The van der Waals surface area contributed by atoms with Crippen LogP contribution in [0.2, 0.25) is 0 Å². The quantitative estimate of drug-likeness (QED) is 0.872. The van der Waals surface area contributed by atoms with E-state index in [-0.39, 0.29) is 11.8 Å². The summed E-state index contributed by atoms with van der Waals surface area (Å²) in [4.78, 5) is 16.3. The van der Waals surface area contributed by atoms with Crippen LogP contribution in [0, 0.1) is 5.82 Å². The second-order valence-electron chi connectivity index (χ2n) is 5.00. The number of benzene rings is 2. The third kappa shape index (κ3) is 2.67. The number of amides is 2. The van der Waals surface area contributed by atoms with Crippen molar-refractivity contribution in [2.75, 3.05) is 35.3 Å². The zero-order valence-electron chi connectivity index (χ0n) is 11.7. The average molecular weight is 285 g/mol. The van der Waals surface area contributed by atoms with E-state index in [1.807, 2.05) is 31.3 Å². The van der Waals surface area contributed by atoms with E-state index in [4.69, 9.17) is 0 Å². The van der Waals surface area contributed by atoms with Gasteiger partial charge in [-0.05, 0) is 36.4 Å². The van der Waals surface area contributed by atoms with Gasteiger partial charge in [-0.25, -0.2) is 9.18 Å². The third-order valence-electron chi connectivity index (χ3n) is 3.58. The van der Waals surface area contributed by atoms with E-state index in [0.717, 1.165) is 17.9 Å². The molecule has 2 aromatic rings. The highest BCUT2D eigenvalue weighted by Gasteiger charge is 2.24. The number of hydrogen-bond acceptors (Lipinski definition) is 2. The lowest BCUT2D eigenvalue weighted by Gasteiger charge is -2.35. The van der Waals surface area contributed by atoms with E-state index in [9.17, 15) is 9.18 Å². The van der Waals surface area contributed by atoms with Crippen LogP contribution in [0.15, 0.2) is 48.5 Å². The Morgan fingerprint density at radius 2 is 1.71 bits per heavy atom. The molecule has 0 spiro atoms. The van der Waals surface area contributed by atoms with Crippen molar-refractivity contribution in [3.05, 3.63) is 54.3 Å². The molecule has 5 heteroatoms. The lowest BCUT2D eigenvalue weighted by molar-refractivity contribution is 0.257. The molecule has 1 aliphatic heterocycles. The number of rotatable bonds is 1. The second-order valence-corrected chi connectivity index (χ2v) is 5.00. The van der Waals surface area contributed by atoms with Gasteiger partial charge in [0.2, 0.25) is 0 Å². The fraction of sp³-hybridized carbons (Fsp3) is 0.188. The maximum atomic E-state index is 12.9. The molecule has 0 aliphatic carbocycles. The monoisotopic (exact) mass is 285 g/mol. The van der Waals surface area contributed by atoms with Gasteiger partial charge in [-0.3, -0.25) is 4.90 Å². The van der Waals surface area contributed by atoms with E-state index in [1.165, 1.54) is 12.1 Å². The number of urea groups is 1. The van der Waals surface area contributed by atoms with Crippen molar-refractivity contribution in [3.8, 4) is 0 Å². The van der Waals surface area contributed by atoms with Gasteiger partial charge in [-0.2, -0.15) is 0 Å². The molecule has 0 radical (unpaired) electrons. The Bertz CT molecular complexity index is 657. The first-order valence-corrected chi connectivity index (χ1v) is 6.79. The fourth-order valence-corrected chi connectivity index (χ4v) is 2.44. The number of anilines is 3. The molecule has 2 aromatic carbocycles. The summed E-state index contributed by atoms with van der Waals surface area (Å²) in [5.74, 6) is -0.321. The number of halogens is 1. The summed E-state index contributed by atoms with van der Waals surface area (Å²) >= 11 is 0. The molecule has 1 aliphatic rings. The molecule has 108 valence electrons. The Labute approximate surface area is 122 Å². The fourth-order valence-electron chi connectivity index (χ4n) is 2.44. The number of fused-ring (bicyclic) bond motifs is 1. The van der Waals surface area contributed by atoms with Gasteiger partial charge in [0, 0.05) is 25.8 Å². The largest absolute Gasteiger partial charge is 0.371 e. The SMILES string of the molecule is CN1CCN(C(=O)Nc2ccc(F)cc2)c2ccccc21. The molecule has 0 fully saturated rings. The second kappa shape index (κ2) is 5.44. The number of para-hydroxylation sites is 2. The van der Waals surface area contributed by atoms with Crippen molar-refractivity contribution in [1.29, 1.82) is 0 Å². The van der Waals surface area contributed by atoms with Crippen molar-refractivity contribution in [1.82, 2.24) is 0 Å². The minimum atomic E-state index is -0.321. The van der Waals surface area contributed by atoms with Crippen molar-refractivity contribution in [2.24, 2.45) is 0 Å². The van der Waals surface area contributed by atoms with Gasteiger partial charge in [-0.1, -0.05) is 12.1 Å². The van der Waals surface area contributed by atoms with Gasteiger partial charge in [0.05, 0.1) is 11.4 Å². The van der Waals surface area contributed by atoms with Gasteiger partial charge in [0.25, 0.3) is 0 Å². The molecule has 0 saturated carbocycles. The maximum absolute atomic E-state index is 12.9. The van der Waals surface area contributed by atoms with Crippen LogP contribution < -0.4 is 15.1 Å². The molecular weight excluding hydrogens is 269 g/mol. The van der Waals surface area contributed by atoms with E-state index in [2.05, 4.69) is 10.2 Å². The topological polar surface area (TPSA) is 35.6 Å². The number of nitrogens with one attached hydrogen (secondary N) is 1. The predicted molar refractivity (Wildman–Crippen MR) is 82.5 cm³/mol. The molecule has 1 heterocycles. The Kier molecular flexibility index (Phi) is 3.48. The summed E-state index contributed by atoms with van der Waals surface area (Å²) in [5, 5.41) is 2.80. The molecule has 0 bridgehead atoms. The molecule has 0 saturated heterocycles. The first-order chi connectivity index (χ1) is 10.1. The highest BCUT2D eigenvalue weighted by Crippen LogP contribution is 2.32. The van der Waals surface area contributed by atoms with Crippen LogP contribution in [0.3, 0.4) is 0 Å². The highest BCUT2D eigenvalue weighted by atomic mass is 19.1. The van der Waals surface area contributed by atoms with Crippen LogP contribution in [0.1, 0.15) is 0 Å². The average Bonchev–Trinajstić information content (AvgIpc) is 2.50. The van der Waals surface area contributed by atoms with Gasteiger partial charge in [0.1, 0.15) is 5.82 Å². The number of carbonyl (C=O) groups is 1. The maximum Gasteiger partial charge on any atom is 0.326 e. The van der Waals surface area contributed by atoms with Crippen molar-refractivity contribution in [3.63, 3.8) is 0 Å². The number of carbonyl (C=O) groups excluding carboxylic acids is 1. The van der Waals surface area contributed by atoms with Crippen molar-refractivity contribution in [2.45, 2.75) is 0 Å². The Balaban J connectivity index is 1.82. The van der Waals surface area contributed by atoms with Crippen LogP contribution in [0.5, 0.6) is 0 Å². The van der Waals surface area contributed by atoms with Crippen LogP contribution >= 0.6 is 0 Å². The zero-order chi connectivity index (χ0) is 14.8. The first-order valence-electron chi connectivity index (χ1n) is 6.79. The van der Waals surface area contributed by atoms with Gasteiger partial charge >= 0.3 is 6.03 Å². The molecule has 1 N–H and O–H groups in total. The van der Waals surface area contributed by atoms with E-state index in [1.54, 1.807) is 17.0 Å². The zero-order valence-corrected chi connectivity index (χ0v) is 11.7. The molecule has 21 heavy (non-hydrogen) atoms. The molecule has 4 nitrogen and oxygen atoms in total.